The van der Waals surface area contributed by atoms with Gasteiger partial charge in [0.25, 0.3) is 0 Å². The van der Waals surface area contributed by atoms with Crippen molar-refractivity contribution in [3.63, 3.8) is 0 Å². The van der Waals surface area contributed by atoms with E-state index in [0.717, 1.165) is 18.5 Å². The van der Waals surface area contributed by atoms with Crippen molar-refractivity contribution in [2.75, 3.05) is 11.4 Å². The average Bonchev–Trinajstić information content (AvgIpc) is 3.27. The predicted octanol–water partition coefficient (Wildman–Crippen LogP) is 2.66. The fourth-order valence-electron chi connectivity index (χ4n) is 3.42. The number of furan rings is 1. The number of rotatable bonds is 4. The summed E-state index contributed by atoms with van der Waals surface area (Å²) in [5.74, 6) is 0.438. The molecule has 0 atom stereocenters. The number of benzene rings is 1. The number of para-hydroxylation sites is 1. The molecule has 1 fully saturated rings. The van der Waals surface area contributed by atoms with Gasteiger partial charge in [-0.2, -0.15) is 0 Å². The lowest BCUT2D eigenvalue weighted by molar-refractivity contribution is -0.135. The third kappa shape index (κ3) is 2.50. The third-order valence-electron chi connectivity index (χ3n) is 4.95. The highest BCUT2D eigenvalue weighted by atomic mass is 16.3. The van der Waals surface area contributed by atoms with Crippen molar-refractivity contribution in [2.24, 2.45) is 5.41 Å². The summed E-state index contributed by atoms with van der Waals surface area (Å²) in [5, 5.41) is 2.85. The molecule has 124 valence electrons. The minimum atomic E-state index is -0.892. The fourth-order valence-corrected chi connectivity index (χ4v) is 3.42. The molecule has 2 aromatic rings. The first-order valence-electron chi connectivity index (χ1n) is 8.41. The van der Waals surface area contributed by atoms with Crippen LogP contribution in [0.25, 0.3) is 0 Å². The molecule has 4 rings (SSSR count). The van der Waals surface area contributed by atoms with Gasteiger partial charge in [0.15, 0.2) is 0 Å². The molecule has 2 aliphatic rings. The second-order valence-electron chi connectivity index (χ2n) is 6.53. The van der Waals surface area contributed by atoms with Gasteiger partial charge in [0.1, 0.15) is 11.2 Å². The van der Waals surface area contributed by atoms with Gasteiger partial charge in [-0.25, -0.2) is 0 Å². The fraction of sp³-hybridized carbons (Fsp3) is 0.368. The Morgan fingerprint density at radius 2 is 2.00 bits per heavy atom. The molecule has 5 heteroatoms. The van der Waals surface area contributed by atoms with Gasteiger partial charge >= 0.3 is 0 Å². The monoisotopic (exact) mass is 324 g/mol. The van der Waals surface area contributed by atoms with E-state index in [4.69, 9.17) is 4.42 Å². The highest BCUT2D eigenvalue weighted by molar-refractivity contribution is 6.14. The molecule has 0 spiro atoms. The van der Waals surface area contributed by atoms with E-state index in [2.05, 4.69) is 11.4 Å². The lowest BCUT2D eigenvalue weighted by Crippen LogP contribution is -2.47. The van der Waals surface area contributed by atoms with Crippen molar-refractivity contribution in [2.45, 2.75) is 32.2 Å². The number of anilines is 1. The van der Waals surface area contributed by atoms with Crippen LogP contribution in [0.2, 0.25) is 0 Å². The number of aryl methyl sites for hydroxylation is 1. The average molecular weight is 324 g/mol. The minimum absolute atomic E-state index is 0.0633. The molecule has 1 aromatic carbocycles. The molecular formula is C19H20N2O3. The van der Waals surface area contributed by atoms with Crippen LogP contribution < -0.4 is 10.2 Å². The molecule has 2 heterocycles. The Labute approximate surface area is 140 Å². The first-order chi connectivity index (χ1) is 11.7. The van der Waals surface area contributed by atoms with E-state index in [9.17, 15) is 9.59 Å². The Balaban J connectivity index is 1.51. The molecule has 1 N–H and O–H groups in total. The van der Waals surface area contributed by atoms with Crippen molar-refractivity contribution in [3.8, 4) is 0 Å². The van der Waals surface area contributed by atoms with Gasteiger partial charge in [0.05, 0.1) is 12.8 Å². The molecule has 0 saturated heterocycles. The largest absolute Gasteiger partial charge is 0.467 e. The Hall–Kier alpha value is -2.56. The zero-order chi connectivity index (χ0) is 16.6. The summed E-state index contributed by atoms with van der Waals surface area (Å²) in [6.07, 6.45) is 4.73. The topological polar surface area (TPSA) is 62.6 Å². The van der Waals surface area contributed by atoms with Gasteiger partial charge in [0, 0.05) is 12.2 Å². The Bertz CT molecular complexity index is 763. The zero-order valence-corrected chi connectivity index (χ0v) is 13.5. The van der Waals surface area contributed by atoms with Gasteiger partial charge in [-0.1, -0.05) is 18.2 Å². The van der Waals surface area contributed by atoms with Crippen LogP contribution in [0.5, 0.6) is 0 Å². The van der Waals surface area contributed by atoms with Crippen LogP contribution in [-0.4, -0.2) is 18.4 Å². The summed E-state index contributed by atoms with van der Waals surface area (Å²) >= 11 is 0. The van der Waals surface area contributed by atoms with Crippen molar-refractivity contribution >= 4 is 17.5 Å². The van der Waals surface area contributed by atoms with Gasteiger partial charge in [-0.3, -0.25) is 9.59 Å². The third-order valence-corrected chi connectivity index (χ3v) is 4.95. The number of nitrogens with one attached hydrogen (secondary N) is 1. The molecule has 24 heavy (non-hydrogen) atoms. The predicted molar refractivity (Wildman–Crippen MR) is 89.3 cm³/mol. The van der Waals surface area contributed by atoms with Gasteiger partial charge in [0.2, 0.25) is 11.8 Å². The van der Waals surface area contributed by atoms with E-state index in [1.54, 1.807) is 17.2 Å². The smallest absolute Gasteiger partial charge is 0.242 e. The molecule has 0 radical (unpaired) electrons. The molecule has 0 bridgehead atoms. The molecular weight excluding hydrogens is 304 g/mol. The molecule has 1 aliphatic carbocycles. The normalized spacial score (nSPS) is 17.9. The molecule has 1 saturated carbocycles. The van der Waals surface area contributed by atoms with Crippen LogP contribution in [-0.2, 0) is 22.6 Å². The first-order valence-corrected chi connectivity index (χ1v) is 8.41. The highest BCUT2D eigenvalue weighted by Crippen LogP contribution is 2.49. The van der Waals surface area contributed by atoms with Crippen LogP contribution in [0.1, 0.15) is 30.6 Å². The Morgan fingerprint density at radius 3 is 2.75 bits per heavy atom. The summed E-state index contributed by atoms with van der Waals surface area (Å²) in [5.41, 5.74) is 1.25. The van der Waals surface area contributed by atoms with Crippen LogP contribution in [0.15, 0.2) is 47.1 Å². The number of carbonyl (C=O) groups excluding carboxylic acids is 2. The van der Waals surface area contributed by atoms with E-state index >= 15 is 0 Å². The number of hydrogen-bond donors (Lipinski definition) is 1. The van der Waals surface area contributed by atoms with Crippen LogP contribution in [0.3, 0.4) is 0 Å². The maximum absolute atomic E-state index is 13.1. The SMILES string of the molecule is O=C(NCc1ccco1)C1(C(=O)N2CCCc3ccccc32)CC1. The van der Waals surface area contributed by atoms with Gasteiger partial charge < -0.3 is 14.6 Å². The lowest BCUT2D eigenvalue weighted by atomic mass is 9.97. The van der Waals surface area contributed by atoms with E-state index < -0.39 is 5.41 Å². The molecule has 1 aliphatic heterocycles. The van der Waals surface area contributed by atoms with E-state index in [1.165, 1.54) is 5.56 Å². The second-order valence-corrected chi connectivity index (χ2v) is 6.53. The number of fused-ring (bicyclic) bond motifs is 1. The molecule has 2 amide bonds. The van der Waals surface area contributed by atoms with Crippen molar-refractivity contribution in [3.05, 3.63) is 54.0 Å². The summed E-state index contributed by atoms with van der Waals surface area (Å²) in [7, 11) is 0. The van der Waals surface area contributed by atoms with E-state index in [-0.39, 0.29) is 11.8 Å². The van der Waals surface area contributed by atoms with Gasteiger partial charge in [-0.15, -0.1) is 0 Å². The van der Waals surface area contributed by atoms with Crippen molar-refractivity contribution in [1.82, 2.24) is 5.32 Å². The van der Waals surface area contributed by atoms with Crippen LogP contribution in [0.4, 0.5) is 5.69 Å². The van der Waals surface area contributed by atoms with E-state index in [1.807, 2.05) is 24.3 Å². The summed E-state index contributed by atoms with van der Waals surface area (Å²) < 4.78 is 5.23. The number of carbonyl (C=O) groups is 2. The number of hydrogen-bond acceptors (Lipinski definition) is 3. The standard InChI is InChI=1S/C19H20N2O3/c22-17(20-13-15-7-4-12-24-15)19(9-10-19)18(23)21-11-3-6-14-5-1-2-8-16(14)21/h1-2,4-5,7-8,12H,3,6,9-11,13H2,(H,20,22). The van der Waals surface area contributed by atoms with Crippen LogP contribution in [0, 0.1) is 5.41 Å². The minimum Gasteiger partial charge on any atom is -0.467 e. The molecule has 5 nitrogen and oxygen atoms in total. The quantitative estimate of drug-likeness (QED) is 0.880. The number of nitrogens with zero attached hydrogens (tertiary/aromatic N) is 1. The van der Waals surface area contributed by atoms with Crippen LogP contribution >= 0.6 is 0 Å². The van der Waals surface area contributed by atoms with Crippen molar-refractivity contribution < 1.29 is 14.0 Å². The van der Waals surface area contributed by atoms with Crippen molar-refractivity contribution in [1.29, 1.82) is 0 Å². The Kier molecular flexibility index (Phi) is 3.63. The second kappa shape index (κ2) is 5.82. The Morgan fingerprint density at radius 1 is 1.17 bits per heavy atom. The first kappa shape index (κ1) is 15.0. The van der Waals surface area contributed by atoms with E-state index in [0.29, 0.717) is 31.7 Å². The molecule has 0 unspecified atom stereocenters. The highest BCUT2D eigenvalue weighted by Gasteiger charge is 2.58. The lowest BCUT2D eigenvalue weighted by Gasteiger charge is -2.32. The maximum atomic E-state index is 13.1. The summed E-state index contributed by atoms with van der Waals surface area (Å²) in [4.78, 5) is 27.5. The maximum Gasteiger partial charge on any atom is 0.242 e. The zero-order valence-electron chi connectivity index (χ0n) is 13.5. The summed E-state index contributed by atoms with van der Waals surface area (Å²) in [6, 6.07) is 11.6. The summed E-state index contributed by atoms with van der Waals surface area (Å²) in [6.45, 7) is 1.00. The number of amides is 2. The van der Waals surface area contributed by atoms with Gasteiger partial charge in [-0.05, 0) is 49.4 Å². The molecule has 1 aromatic heterocycles.